The largest absolute Gasteiger partial charge is 0.336 e. The number of rotatable bonds is 4. The van der Waals surface area contributed by atoms with Crippen molar-refractivity contribution in [2.24, 2.45) is 0 Å². The molecule has 0 amide bonds. The molecule has 2 heterocycles. The molecule has 19 heavy (non-hydrogen) atoms. The minimum absolute atomic E-state index is 0.0723. The normalized spacial score (nSPS) is 11.5. The molecule has 0 fully saturated rings. The molecule has 0 aliphatic heterocycles. The zero-order valence-electron chi connectivity index (χ0n) is 9.71. The van der Waals surface area contributed by atoms with Crippen LogP contribution in [0.3, 0.4) is 0 Å². The molecule has 0 saturated carbocycles. The average molecular weight is 322 g/mol. The van der Waals surface area contributed by atoms with Crippen molar-refractivity contribution in [1.82, 2.24) is 19.5 Å². The molecule has 0 aliphatic carbocycles. The summed E-state index contributed by atoms with van der Waals surface area (Å²) in [5.74, 6) is 0. The van der Waals surface area contributed by atoms with Gasteiger partial charge in [-0.2, -0.15) is 8.42 Å². The zero-order valence-corrected chi connectivity index (χ0v) is 12.0. The third-order valence-electron chi connectivity index (χ3n) is 2.24. The Kier molecular flexibility index (Phi) is 3.93. The van der Waals surface area contributed by atoms with Gasteiger partial charge in [0.05, 0.1) is 6.33 Å². The lowest BCUT2D eigenvalue weighted by Crippen LogP contribution is -2.14. The molecular weight excluding hydrogens is 313 g/mol. The summed E-state index contributed by atoms with van der Waals surface area (Å²) in [5, 5.41) is -0.303. The van der Waals surface area contributed by atoms with Crippen LogP contribution >= 0.6 is 23.2 Å². The molecule has 0 unspecified atom stereocenters. The van der Waals surface area contributed by atoms with Crippen LogP contribution in [-0.2, 0) is 16.6 Å². The second-order valence-corrected chi connectivity index (χ2v) is 5.82. The molecule has 2 rings (SSSR count). The van der Waals surface area contributed by atoms with E-state index in [-0.39, 0.29) is 21.0 Å². The Morgan fingerprint density at radius 3 is 2.42 bits per heavy atom. The molecule has 0 spiro atoms. The highest BCUT2D eigenvalue weighted by Gasteiger charge is 2.21. The third-order valence-corrected chi connectivity index (χ3v) is 4.05. The monoisotopic (exact) mass is 321 g/mol. The number of aromatic nitrogens is 4. The second-order valence-electron chi connectivity index (χ2n) is 3.48. The molecule has 0 radical (unpaired) electrons. The Labute approximate surface area is 119 Å². The van der Waals surface area contributed by atoms with Crippen LogP contribution in [0.5, 0.6) is 0 Å². The number of hydrogen-bond acceptors (Lipinski definition) is 5. The lowest BCUT2D eigenvalue weighted by atomic mass is 10.6. The topological polar surface area (TPSA) is 89.8 Å². The molecule has 0 aromatic carbocycles. The Hall–Kier alpha value is -1.38. The predicted octanol–water partition coefficient (Wildman–Crippen LogP) is 1.80. The highest BCUT2D eigenvalue weighted by atomic mass is 35.5. The maximum Gasteiger partial charge on any atom is 0.281 e. The highest BCUT2D eigenvalue weighted by molar-refractivity contribution is 7.92. The zero-order chi connectivity index (χ0) is 14.0. The Morgan fingerprint density at radius 1 is 1.26 bits per heavy atom. The molecule has 0 saturated heterocycles. The van der Waals surface area contributed by atoms with E-state index in [4.69, 9.17) is 23.2 Å². The van der Waals surface area contributed by atoms with E-state index in [1.807, 2.05) is 6.92 Å². The van der Waals surface area contributed by atoms with Crippen molar-refractivity contribution in [2.75, 3.05) is 4.72 Å². The molecule has 7 nitrogen and oxygen atoms in total. The van der Waals surface area contributed by atoms with Crippen molar-refractivity contribution in [2.45, 2.75) is 18.5 Å². The maximum absolute atomic E-state index is 12.1. The van der Waals surface area contributed by atoms with Gasteiger partial charge >= 0.3 is 0 Å². The molecular formula is C9H9Cl2N5O2S. The number of halogens is 2. The fourth-order valence-corrected chi connectivity index (χ4v) is 2.81. The van der Waals surface area contributed by atoms with E-state index in [1.165, 1.54) is 12.5 Å². The van der Waals surface area contributed by atoms with Gasteiger partial charge in [0, 0.05) is 12.7 Å². The number of anilines is 1. The first-order valence-electron chi connectivity index (χ1n) is 5.14. The highest BCUT2D eigenvalue weighted by Crippen LogP contribution is 2.27. The van der Waals surface area contributed by atoms with Crippen LogP contribution in [0.2, 0.25) is 10.3 Å². The van der Waals surface area contributed by atoms with Gasteiger partial charge in [0.1, 0.15) is 12.0 Å². The summed E-state index contributed by atoms with van der Waals surface area (Å²) >= 11 is 11.5. The van der Waals surface area contributed by atoms with Gasteiger partial charge in [-0.05, 0) is 6.92 Å². The SMILES string of the molecule is CCn1cnc(S(=O)(=O)Nc2c(Cl)ncnc2Cl)c1. The van der Waals surface area contributed by atoms with Gasteiger partial charge in [-0.1, -0.05) is 23.2 Å². The van der Waals surface area contributed by atoms with E-state index >= 15 is 0 Å². The molecule has 102 valence electrons. The van der Waals surface area contributed by atoms with E-state index in [2.05, 4.69) is 19.7 Å². The quantitative estimate of drug-likeness (QED) is 0.867. The number of sulfonamides is 1. The van der Waals surface area contributed by atoms with E-state index < -0.39 is 10.0 Å². The van der Waals surface area contributed by atoms with Crippen molar-refractivity contribution in [3.8, 4) is 0 Å². The van der Waals surface area contributed by atoms with E-state index in [0.29, 0.717) is 6.54 Å². The van der Waals surface area contributed by atoms with Gasteiger partial charge in [0.15, 0.2) is 15.3 Å². The van der Waals surface area contributed by atoms with Gasteiger partial charge in [0.2, 0.25) is 0 Å². The van der Waals surface area contributed by atoms with Gasteiger partial charge in [-0.15, -0.1) is 0 Å². The molecule has 0 atom stereocenters. The summed E-state index contributed by atoms with van der Waals surface area (Å²) < 4.78 is 28.0. The first-order chi connectivity index (χ1) is 8.94. The average Bonchev–Trinajstić information content (AvgIpc) is 2.83. The third kappa shape index (κ3) is 2.96. The second kappa shape index (κ2) is 5.32. The van der Waals surface area contributed by atoms with Crippen LogP contribution in [-0.4, -0.2) is 27.9 Å². The van der Waals surface area contributed by atoms with Gasteiger partial charge in [0.25, 0.3) is 10.0 Å². The summed E-state index contributed by atoms with van der Waals surface area (Å²) in [7, 11) is -3.88. The summed E-state index contributed by atoms with van der Waals surface area (Å²) in [6.07, 6.45) is 3.95. The maximum atomic E-state index is 12.1. The first-order valence-corrected chi connectivity index (χ1v) is 7.38. The minimum Gasteiger partial charge on any atom is -0.336 e. The lowest BCUT2D eigenvalue weighted by Gasteiger charge is -2.07. The van der Waals surface area contributed by atoms with Crippen LogP contribution in [0, 0.1) is 0 Å². The molecule has 0 aliphatic rings. The molecule has 10 heteroatoms. The lowest BCUT2D eigenvalue weighted by molar-refractivity contribution is 0.598. The van der Waals surface area contributed by atoms with Crippen LogP contribution < -0.4 is 4.72 Å². The molecule has 0 bridgehead atoms. The molecule has 1 N–H and O–H groups in total. The number of nitrogens with zero attached hydrogens (tertiary/aromatic N) is 4. The summed E-state index contributed by atoms with van der Waals surface area (Å²) in [6, 6.07) is 0. The van der Waals surface area contributed by atoms with E-state index in [0.717, 1.165) is 6.33 Å². The van der Waals surface area contributed by atoms with Crippen molar-refractivity contribution in [1.29, 1.82) is 0 Å². The van der Waals surface area contributed by atoms with Crippen molar-refractivity contribution >= 4 is 38.9 Å². The van der Waals surface area contributed by atoms with Crippen LogP contribution in [0.15, 0.2) is 23.9 Å². The fraction of sp³-hybridized carbons (Fsp3) is 0.222. The predicted molar refractivity (Wildman–Crippen MR) is 70.8 cm³/mol. The summed E-state index contributed by atoms with van der Waals surface area (Å²) in [4.78, 5) is 11.1. The van der Waals surface area contributed by atoms with Crippen molar-refractivity contribution in [3.05, 3.63) is 29.2 Å². The minimum atomic E-state index is -3.88. The first kappa shape index (κ1) is 14.0. The Morgan fingerprint density at radius 2 is 1.89 bits per heavy atom. The summed E-state index contributed by atoms with van der Waals surface area (Å²) in [6.45, 7) is 2.47. The van der Waals surface area contributed by atoms with Crippen molar-refractivity contribution < 1.29 is 8.42 Å². The molecule has 2 aromatic rings. The number of aryl methyl sites for hydroxylation is 1. The van der Waals surface area contributed by atoms with E-state index in [9.17, 15) is 8.42 Å². The Balaban J connectivity index is 2.36. The van der Waals surface area contributed by atoms with Crippen LogP contribution in [0.25, 0.3) is 0 Å². The number of nitrogens with one attached hydrogen (secondary N) is 1. The van der Waals surface area contributed by atoms with E-state index in [1.54, 1.807) is 4.57 Å². The standard InChI is InChI=1S/C9H9Cl2N5O2S/c1-2-16-3-6(14-5-16)19(17,18)15-7-8(10)12-4-13-9(7)11/h3-5,15H,2H2,1H3. The summed E-state index contributed by atoms with van der Waals surface area (Å²) in [5.41, 5.74) is -0.0723. The van der Waals surface area contributed by atoms with Crippen molar-refractivity contribution in [3.63, 3.8) is 0 Å². The van der Waals surface area contributed by atoms with Gasteiger partial charge < -0.3 is 4.57 Å². The van der Waals surface area contributed by atoms with Crippen LogP contribution in [0.1, 0.15) is 6.92 Å². The molecule has 2 aromatic heterocycles. The van der Waals surface area contributed by atoms with Gasteiger partial charge in [-0.3, -0.25) is 4.72 Å². The fourth-order valence-electron chi connectivity index (χ4n) is 1.27. The van der Waals surface area contributed by atoms with Gasteiger partial charge in [-0.25, -0.2) is 15.0 Å². The number of imidazole rings is 1. The smallest absolute Gasteiger partial charge is 0.281 e. The van der Waals surface area contributed by atoms with Crippen LogP contribution in [0.4, 0.5) is 5.69 Å². The Bertz CT molecular complexity index is 680. The number of hydrogen-bond donors (Lipinski definition) is 1.